The Labute approximate surface area is 161 Å². The van der Waals surface area contributed by atoms with Crippen LogP contribution in [0.1, 0.15) is 20.8 Å². The monoisotopic (exact) mass is 453 g/mol. The van der Waals surface area contributed by atoms with Gasteiger partial charge in [-0.1, -0.05) is 6.92 Å². The van der Waals surface area contributed by atoms with Crippen molar-refractivity contribution in [1.82, 2.24) is 5.32 Å². The number of thioether (sulfide) groups is 1. The molecule has 0 bridgehead atoms. The van der Waals surface area contributed by atoms with E-state index < -0.39 is 0 Å². The molecule has 1 aromatic rings. The molecule has 2 N–H and O–H groups in total. The van der Waals surface area contributed by atoms with E-state index in [4.69, 9.17) is 9.47 Å². The summed E-state index contributed by atoms with van der Waals surface area (Å²) in [7, 11) is 1.64. The first-order valence-corrected chi connectivity index (χ1v) is 8.82. The third-order valence-electron chi connectivity index (χ3n) is 2.98. The van der Waals surface area contributed by atoms with Gasteiger partial charge in [-0.25, -0.2) is 0 Å². The van der Waals surface area contributed by atoms with Crippen molar-refractivity contribution in [2.24, 2.45) is 4.99 Å². The Morgan fingerprint density at radius 1 is 1.30 bits per heavy atom. The van der Waals surface area contributed by atoms with Crippen LogP contribution in [0.25, 0.3) is 0 Å². The van der Waals surface area contributed by atoms with Crippen molar-refractivity contribution in [1.29, 1.82) is 0 Å². The van der Waals surface area contributed by atoms with Gasteiger partial charge in [0.05, 0.1) is 20.3 Å². The zero-order valence-electron chi connectivity index (χ0n) is 14.5. The summed E-state index contributed by atoms with van der Waals surface area (Å²) >= 11 is 1.81. The number of methoxy groups -OCH3 is 1. The number of hydrogen-bond donors (Lipinski definition) is 2. The van der Waals surface area contributed by atoms with Crippen LogP contribution in [-0.4, -0.2) is 44.3 Å². The molecule has 5 nitrogen and oxygen atoms in total. The minimum atomic E-state index is 0. The highest BCUT2D eigenvalue weighted by Crippen LogP contribution is 2.30. The van der Waals surface area contributed by atoms with Crippen molar-refractivity contribution in [3.05, 3.63) is 18.2 Å². The summed E-state index contributed by atoms with van der Waals surface area (Å²) in [5.74, 6) is 2.23. The number of halogens is 1. The molecule has 1 aromatic carbocycles. The van der Waals surface area contributed by atoms with Crippen molar-refractivity contribution >= 4 is 47.4 Å². The van der Waals surface area contributed by atoms with Gasteiger partial charge in [0.25, 0.3) is 0 Å². The number of ether oxygens (including phenoxy) is 2. The Balaban J connectivity index is 0.00000484. The van der Waals surface area contributed by atoms with Crippen LogP contribution < -0.4 is 20.1 Å². The smallest absolute Gasteiger partial charge is 0.195 e. The molecule has 0 aliphatic rings. The standard InChI is InChI=1S/C16H27N3O2S.HI/c1-6-17-16(18-11-12(3)22-5)19-13-8-9-14(21-7-2)15(10-13)20-4;/h8-10,12H,6-7,11H2,1-5H3,(H2,17,18,19);1H. The summed E-state index contributed by atoms with van der Waals surface area (Å²) in [4.78, 5) is 4.60. The van der Waals surface area contributed by atoms with Crippen molar-refractivity contribution < 1.29 is 9.47 Å². The molecule has 0 spiro atoms. The zero-order valence-corrected chi connectivity index (χ0v) is 17.7. The highest BCUT2D eigenvalue weighted by molar-refractivity contribution is 14.0. The minimum absolute atomic E-state index is 0. The van der Waals surface area contributed by atoms with Crippen LogP contribution in [0.5, 0.6) is 11.5 Å². The van der Waals surface area contributed by atoms with Crippen LogP contribution in [0.2, 0.25) is 0 Å². The fourth-order valence-electron chi connectivity index (χ4n) is 1.76. The van der Waals surface area contributed by atoms with E-state index in [1.165, 1.54) is 0 Å². The molecular formula is C16H28IN3O2S. The van der Waals surface area contributed by atoms with Gasteiger partial charge in [-0.05, 0) is 32.2 Å². The fraction of sp³-hybridized carbons (Fsp3) is 0.562. The predicted octanol–water partition coefficient (Wildman–Crippen LogP) is 3.84. The van der Waals surface area contributed by atoms with Crippen molar-refractivity contribution in [2.75, 3.05) is 38.4 Å². The number of aliphatic imine (C=N–C) groups is 1. The molecule has 132 valence electrons. The first kappa shape index (κ1) is 22.2. The summed E-state index contributed by atoms with van der Waals surface area (Å²) in [6, 6.07) is 5.77. The molecule has 7 heteroatoms. The quantitative estimate of drug-likeness (QED) is 0.356. The number of hydrogen-bond acceptors (Lipinski definition) is 4. The molecule has 0 radical (unpaired) electrons. The van der Waals surface area contributed by atoms with Gasteiger partial charge in [0, 0.05) is 23.5 Å². The summed E-state index contributed by atoms with van der Waals surface area (Å²) in [6.45, 7) is 8.36. The van der Waals surface area contributed by atoms with Gasteiger partial charge in [-0.3, -0.25) is 4.99 Å². The molecule has 0 aliphatic heterocycles. The largest absolute Gasteiger partial charge is 0.493 e. The first-order chi connectivity index (χ1) is 10.6. The lowest BCUT2D eigenvalue weighted by Crippen LogP contribution is -2.31. The maximum Gasteiger partial charge on any atom is 0.195 e. The maximum absolute atomic E-state index is 5.53. The Bertz CT molecular complexity index is 486. The van der Waals surface area contributed by atoms with E-state index in [0.717, 1.165) is 30.5 Å². The molecule has 1 atom stereocenters. The van der Waals surface area contributed by atoms with E-state index in [0.29, 0.717) is 17.6 Å². The third kappa shape index (κ3) is 8.01. The van der Waals surface area contributed by atoms with Crippen LogP contribution in [0.4, 0.5) is 5.69 Å². The zero-order chi connectivity index (χ0) is 16.4. The van der Waals surface area contributed by atoms with Crippen molar-refractivity contribution in [2.45, 2.75) is 26.0 Å². The SMILES string of the molecule is CCNC(=NCC(C)SC)Nc1ccc(OCC)c(OC)c1.I. The highest BCUT2D eigenvalue weighted by atomic mass is 127. The molecule has 23 heavy (non-hydrogen) atoms. The summed E-state index contributed by atoms with van der Waals surface area (Å²) in [6.07, 6.45) is 2.10. The number of benzene rings is 1. The lowest BCUT2D eigenvalue weighted by Gasteiger charge is -2.15. The molecule has 0 amide bonds. The van der Waals surface area contributed by atoms with E-state index in [9.17, 15) is 0 Å². The van der Waals surface area contributed by atoms with Gasteiger partial charge in [0.2, 0.25) is 0 Å². The van der Waals surface area contributed by atoms with Crippen LogP contribution in [0.15, 0.2) is 23.2 Å². The van der Waals surface area contributed by atoms with Crippen LogP contribution in [0.3, 0.4) is 0 Å². The molecular weight excluding hydrogens is 425 g/mol. The van der Waals surface area contributed by atoms with Gasteiger partial charge < -0.3 is 20.1 Å². The highest BCUT2D eigenvalue weighted by Gasteiger charge is 2.07. The Kier molecular flexibility index (Phi) is 12.1. The normalized spacial score (nSPS) is 12.1. The minimum Gasteiger partial charge on any atom is -0.493 e. The van der Waals surface area contributed by atoms with E-state index in [1.807, 2.05) is 32.0 Å². The van der Waals surface area contributed by atoms with Gasteiger partial charge in [-0.2, -0.15) is 11.8 Å². The molecule has 1 unspecified atom stereocenters. The number of nitrogens with one attached hydrogen (secondary N) is 2. The van der Waals surface area contributed by atoms with Gasteiger partial charge in [0.1, 0.15) is 0 Å². The Hall–Kier alpha value is -0.830. The first-order valence-electron chi connectivity index (χ1n) is 7.53. The Morgan fingerprint density at radius 3 is 2.61 bits per heavy atom. The maximum atomic E-state index is 5.53. The second kappa shape index (κ2) is 12.6. The van der Waals surface area contributed by atoms with E-state index in [2.05, 4.69) is 28.8 Å². The van der Waals surface area contributed by atoms with E-state index in [1.54, 1.807) is 18.9 Å². The van der Waals surface area contributed by atoms with Crippen molar-refractivity contribution in [3.63, 3.8) is 0 Å². The molecule has 0 aromatic heterocycles. The van der Waals surface area contributed by atoms with Gasteiger partial charge >= 0.3 is 0 Å². The summed E-state index contributed by atoms with van der Waals surface area (Å²) in [5.41, 5.74) is 0.914. The number of anilines is 1. The van der Waals surface area contributed by atoms with Crippen LogP contribution in [0, 0.1) is 0 Å². The number of rotatable bonds is 8. The lowest BCUT2D eigenvalue weighted by molar-refractivity contribution is 0.311. The topological polar surface area (TPSA) is 54.9 Å². The summed E-state index contributed by atoms with van der Waals surface area (Å²) < 4.78 is 10.9. The van der Waals surface area contributed by atoms with Crippen molar-refractivity contribution in [3.8, 4) is 11.5 Å². The van der Waals surface area contributed by atoms with Crippen LogP contribution in [-0.2, 0) is 0 Å². The van der Waals surface area contributed by atoms with Gasteiger partial charge in [-0.15, -0.1) is 24.0 Å². The second-order valence-electron chi connectivity index (χ2n) is 4.69. The third-order valence-corrected chi connectivity index (χ3v) is 3.93. The van der Waals surface area contributed by atoms with E-state index >= 15 is 0 Å². The predicted molar refractivity (Wildman–Crippen MR) is 112 cm³/mol. The molecule has 0 fully saturated rings. The molecule has 1 rings (SSSR count). The Morgan fingerprint density at radius 2 is 2.04 bits per heavy atom. The molecule has 0 saturated carbocycles. The van der Waals surface area contributed by atoms with E-state index in [-0.39, 0.29) is 24.0 Å². The number of nitrogens with zero attached hydrogens (tertiary/aromatic N) is 1. The lowest BCUT2D eigenvalue weighted by atomic mass is 10.2. The second-order valence-corrected chi connectivity index (χ2v) is 5.97. The fourth-order valence-corrected chi connectivity index (χ4v) is 1.98. The van der Waals surface area contributed by atoms with Crippen LogP contribution >= 0.6 is 35.7 Å². The average molecular weight is 453 g/mol. The van der Waals surface area contributed by atoms with Gasteiger partial charge in [0.15, 0.2) is 17.5 Å². The molecule has 0 heterocycles. The summed E-state index contributed by atoms with van der Waals surface area (Å²) in [5, 5.41) is 7.03. The molecule has 0 saturated heterocycles. The number of guanidine groups is 1. The average Bonchev–Trinajstić information content (AvgIpc) is 2.54. The molecule has 0 aliphatic carbocycles.